The van der Waals surface area contributed by atoms with Crippen LogP contribution in [0.25, 0.3) is 0 Å². The van der Waals surface area contributed by atoms with Crippen LogP contribution < -0.4 is 11.1 Å². The van der Waals surface area contributed by atoms with Crippen LogP contribution in [0.1, 0.15) is 20.3 Å². The van der Waals surface area contributed by atoms with Gasteiger partial charge in [-0.3, -0.25) is 9.69 Å². The lowest BCUT2D eigenvalue weighted by Gasteiger charge is -2.39. The average Bonchev–Trinajstić information content (AvgIpc) is 3.08. The van der Waals surface area contributed by atoms with Gasteiger partial charge in [0.05, 0.1) is 5.92 Å². The van der Waals surface area contributed by atoms with Crippen LogP contribution in [-0.4, -0.2) is 67.6 Å². The molecule has 3 N–H and O–H groups in total. The zero-order valence-electron chi connectivity index (χ0n) is 12.4. The van der Waals surface area contributed by atoms with E-state index in [4.69, 9.17) is 5.73 Å². The summed E-state index contributed by atoms with van der Waals surface area (Å²) in [7, 11) is 2.16. The second-order valence-corrected chi connectivity index (χ2v) is 6.40. The number of hydrogen-bond acceptors (Lipinski definition) is 4. The quantitative estimate of drug-likeness (QED) is 0.720. The highest BCUT2D eigenvalue weighted by Crippen LogP contribution is 2.27. The molecule has 1 aliphatic heterocycles. The second-order valence-electron chi connectivity index (χ2n) is 6.40. The summed E-state index contributed by atoms with van der Waals surface area (Å²) in [6.07, 6.45) is 0.854. The zero-order valence-corrected chi connectivity index (χ0v) is 12.4. The molecule has 0 aromatic heterocycles. The molecule has 110 valence electrons. The molecule has 2 aliphatic rings. The topological polar surface area (TPSA) is 61.6 Å². The van der Waals surface area contributed by atoms with Gasteiger partial charge in [0.1, 0.15) is 0 Å². The maximum atomic E-state index is 11.9. The summed E-state index contributed by atoms with van der Waals surface area (Å²) >= 11 is 0. The number of nitrogens with two attached hydrogens (primary N) is 1. The van der Waals surface area contributed by atoms with E-state index in [1.807, 2.05) is 0 Å². The summed E-state index contributed by atoms with van der Waals surface area (Å²) in [5.41, 5.74) is 5.71. The van der Waals surface area contributed by atoms with Gasteiger partial charge in [0.2, 0.25) is 5.91 Å². The van der Waals surface area contributed by atoms with Crippen LogP contribution in [0.15, 0.2) is 0 Å². The van der Waals surface area contributed by atoms with E-state index in [0.717, 1.165) is 39.1 Å². The average molecular weight is 268 g/mol. The Morgan fingerprint density at radius 2 is 1.89 bits per heavy atom. The Bertz CT molecular complexity index is 313. The normalized spacial score (nSPS) is 30.4. The van der Waals surface area contributed by atoms with Crippen molar-refractivity contribution >= 4 is 5.91 Å². The van der Waals surface area contributed by atoms with Crippen molar-refractivity contribution in [3.05, 3.63) is 0 Å². The van der Waals surface area contributed by atoms with Crippen molar-refractivity contribution < 1.29 is 4.79 Å². The van der Waals surface area contributed by atoms with Crippen molar-refractivity contribution in [3.63, 3.8) is 0 Å². The number of amides is 1. The van der Waals surface area contributed by atoms with E-state index in [1.54, 1.807) is 0 Å². The van der Waals surface area contributed by atoms with E-state index < -0.39 is 0 Å². The summed E-state index contributed by atoms with van der Waals surface area (Å²) < 4.78 is 0. The van der Waals surface area contributed by atoms with E-state index in [0.29, 0.717) is 12.0 Å². The number of likely N-dealkylation sites (N-methyl/N-ethyl adjacent to an activating group) is 1. The standard InChI is InChI=1S/C14H28N4O/c1-10(2)13(18-6-4-17(3)5-7-18)9-16-14(19)11-8-12(11)15/h10-13H,4-9,15H2,1-3H3,(H,16,19). The van der Waals surface area contributed by atoms with Gasteiger partial charge in [-0.2, -0.15) is 0 Å². The lowest BCUT2D eigenvalue weighted by Crippen LogP contribution is -2.54. The van der Waals surface area contributed by atoms with Gasteiger partial charge in [-0.1, -0.05) is 13.8 Å². The first-order chi connectivity index (χ1) is 8.99. The molecule has 0 aromatic rings. The van der Waals surface area contributed by atoms with Crippen molar-refractivity contribution in [2.24, 2.45) is 17.6 Å². The lowest BCUT2D eigenvalue weighted by atomic mass is 10.0. The number of piperazine rings is 1. The van der Waals surface area contributed by atoms with Gasteiger partial charge in [-0.15, -0.1) is 0 Å². The minimum atomic E-state index is 0.0697. The third kappa shape index (κ3) is 3.91. The molecule has 1 saturated heterocycles. The maximum Gasteiger partial charge on any atom is 0.224 e. The fraction of sp³-hybridized carbons (Fsp3) is 0.929. The van der Waals surface area contributed by atoms with Crippen LogP contribution in [0.5, 0.6) is 0 Å². The summed E-state index contributed by atoms with van der Waals surface area (Å²) in [4.78, 5) is 16.7. The molecule has 5 heteroatoms. The SMILES string of the molecule is CC(C)C(CNC(=O)C1CC1N)N1CCN(C)CC1. The van der Waals surface area contributed by atoms with Crippen LogP contribution in [0, 0.1) is 11.8 Å². The van der Waals surface area contributed by atoms with Crippen LogP contribution in [-0.2, 0) is 4.79 Å². The van der Waals surface area contributed by atoms with Crippen LogP contribution in [0.2, 0.25) is 0 Å². The minimum absolute atomic E-state index is 0.0697. The number of nitrogens with zero attached hydrogens (tertiary/aromatic N) is 2. The molecular weight excluding hydrogens is 240 g/mol. The van der Waals surface area contributed by atoms with E-state index >= 15 is 0 Å². The molecule has 0 radical (unpaired) electrons. The highest BCUT2D eigenvalue weighted by molar-refractivity contribution is 5.82. The third-order valence-electron chi connectivity index (χ3n) is 4.44. The predicted molar refractivity (Wildman–Crippen MR) is 76.8 cm³/mol. The lowest BCUT2D eigenvalue weighted by molar-refractivity contribution is -0.122. The Balaban J connectivity index is 1.80. The van der Waals surface area contributed by atoms with Crippen LogP contribution in [0.3, 0.4) is 0 Å². The molecule has 5 nitrogen and oxygen atoms in total. The summed E-state index contributed by atoms with van der Waals surface area (Å²) in [5.74, 6) is 0.768. The molecule has 2 fully saturated rings. The Kier molecular flexibility index (Phi) is 4.81. The monoisotopic (exact) mass is 268 g/mol. The predicted octanol–water partition coefficient (Wildman–Crippen LogP) is -0.278. The minimum Gasteiger partial charge on any atom is -0.354 e. The number of nitrogens with one attached hydrogen (secondary N) is 1. The Hall–Kier alpha value is -0.650. The Morgan fingerprint density at radius 1 is 1.32 bits per heavy atom. The van der Waals surface area contributed by atoms with Gasteiger partial charge in [0.25, 0.3) is 0 Å². The van der Waals surface area contributed by atoms with E-state index in [-0.39, 0.29) is 17.9 Å². The first kappa shape index (κ1) is 14.8. The second kappa shape index (κ2) is 6.20. The molecular formula is C14H28N4O. The Morgan fingerprint density at radius 3 is 2.37 bits per heavy atom. The van der Waals surface area contributed by atoms with Crippen molar-refractivity contribution in [1.29, 1.82) is 0 Å². The summed E-state index contributed by atoms with van der Waals surface area (Å²) in [5, 5.41) is 3.09. The zero-order chi connectivity index (χ0) is 14.0. The first-order valence-electron chi connectivity index (χ1n) is 7.45. The molecule has 0 bridgehead atoms. The molecule has 2 rings (SSSR count). The molecule has 1 amide bonds. The Labute approximate surface area is 116 Å². The molecule has 1 heterocycles. The van der Waals surface area contributed by atoms with Gasteiger partial charge in [0.15, 0.2) is 0 Å². The van der Waals surface area contributed by atoms with Gasteiger partial charge in [-0.05, 0) is 19.4 Å². The number of carbonyl (C=O) groups excluding carboxylic acids is 1. The fourth-order valence-electron chi connectivity index (χ4n) is 2.79. The first-order valence-corrected chi connectivity index (χ1v) is 7.45. The van der Waals surface area contributed by atoms with Crippen molar-refractivity contribution in [2.75, 3.05) is 39.8 Å². The number of rotatable bonds is 5. The van der Waals surface area contributed by atoms with E-state index in [1.165, 1.54) is 0 Å². The molecule has 19 heavy (non-hydrogen) atoms. The summed E-state index contributed by atoms with van der Waals surface area (Å²) in [6, 6.07) is 0.536. The largest absolute Gasteiger partial charge is 0.354 e. The highest BCUT2D eigenvalue weighted by atomic mass is 16.2. The molecule has 3 atom stereocenters. The van der Waals surface area contributed by atoms with Crippen molar-refractivity contribution in [1.82, 2.24) is 15.1 Å². The maximum absolute atomic E-state index is 11.9. The van der Waals surface area contributed by atoms with Gasteiger partial charge in [-0.25, -0.2) is 0 Å². The molecule has 1 saturated carbocycles. The highest BCUT2D eigenvalue weighted by Gasteiger charge is 2.40. The van der Waals surface area contributed by atoms with Gasteiger partial charge >= 0.3 is 0 Å². The van der Waals surface area contributed by atoms with Crippen molar-refractivity contribution in [2.45, 2.75) is 32.4 Å². The molecule has 1 aliphatic carbocycles. The van der Waals surface area contributed by atoms with Crippen LogP contribution in [0.4, 0.5) is 0 Å². The molecule has 0 aromatic carbocycles. The van der Waals surface area contributed by atoms with Crippen molar-refractivity contribution in [3.8, 4) is 0 Å². The van der Waals surface area contributed by atoms with Crippen LogP contribution >= 0.6 is 0 Å². The van der Waals surface area contributed by atoms with Gasteiger partial charge < -0.3 is 16.0 Å². The molecule has 0 spiro atoms. The molecule has 3 unspecified atom stereocenters. The summed E-state index contributed by atoms with van der Waals surface area (Å²) in [6.45, 7) is 9.64. The number of carbonyl (C=O) groups is 1. The van der Waals surface area contributed by atoms with Gasteiger partial charge in [0, 0.05) is 44.8 Å². The fourth-order valence-corrected chi connectivity index (χ4v) is 2.79. The third-order valence-corrected chi connectivity index (χ3v) is 4.44. The smallest absolute Gasteiger partial charge is 0.224 e. The number of hydrogen-bond donors (Lipinski definition) is 2. The van der Waals surface area contributed by atoms with E-state index in [2.05, 4.69) is 36.0 Å². The van der Waals surface area contributed by atoms with E-state index in [9.17, 15) is 4.79 Å².